The fraction of sp³-hybridized carbons (Fsp3) is 0.316. The van der Waals surface area contributed by atoms with Crippen LogP contribution < -0.4 is 10.2 Å². The fourth-order valence-electron chi connectivity index (χ4n) is 2.35. The van der Waals surface area contributed by atoms with Crippen molar-refractivity contribution in [1.29, 1.82) is 0 Å². The second-order valence-electron chi connectivity index (χ2n) is 5.30. The Morgan fingerprint density at radius 1 is 1.04 bits per heavy atom. The van der Waals surface area contributed by atoms with Crippen molar-refractivity contribution in [2.45, 2.75) is 12.8 Å². The maximum Gasteiger partial charge on any atom is 0.173 e. The molecule has 3 nitrogen and oxygen atoms in total. The largest absolute Gasteiger partial charge is 0.385 e. The minimum Gasteiger partial charge on any atom is -0.385 e. The third kappa shape index (κ3) is 6.00. The number of para-hydroxylation sites is 1. The fourth-order valence-corrected chi connectivity index (χ4v) is 2.65. The Kier molecular flexibility index (Phi) is 7.57. The molecule has 0 aliphatic heterocycles. The summed E-state index contributed by atoms with van der Waals surface area (Å²) in [6.45, 7) is 2.41. The molecule has 0 aliphatic carbocycles. The zero-order valence-corrected chi connectivity index (χ0v) is 14.4. The van der Waals surface area contributed by atoms with Crippen LogP contribution in [0.4, 0.5) is 5.69 Å². The number of thiocarbonyl (C=S) groups is 1. The van der Waals surface area contributed by atoms with Gasteiger partial charge in [0.1, 0.15) is 0 Å². The van der Waals surface area contributed by atoms with E-state index in [2.05, 4.69) is 46.6 Å². The lowest BCUT2D eigenvalue weighted by molar-refractivity contribution is 0.195. The van der Waals surface area contributed by atoms with E-state index in [1.165, 1.54) is 5.56 Å². The van der Waals surface area contributed by atoms with Crippen molar-refractivity contribution in [2.24, 2.45) is 0 Å². The maximum atomic E-state index is 5.60. The maximum absolute atomic E-state index is 5.60. The molecule has 0 radical (unpaired) electrons. The van der Waals surface area contributed by atoms with Gasteiger partial charge in [0, 0.05) is 32.5 Å². The van der Waals surface area contributed by atoms with Crippen LogP contribution in [0.2, 0.25) is 0 Å². The summed E-state index contributed by atoms with van der Waals surface area (Å²) < 4.78 is 5.08. The predicted octanol–water partition coefficient (Wildman–Crippen LogP) is 3.65. The molecule has 0 atom stereocenters. The molecule has 0 fully saturated rings. The third-order valence-electron chi connectivity index (χ3n) is 3.58. The number of benzene rings is 2. The van der Waals surface area contributed by atoms with Crippen molar-refractivity contribution < 1.29 is 4.74 Å². The van der Waals surface area contributed by atoms with Gasteiger partial charge in [0.05, 0.1) is 0 Å². The lowest BCUT2D eigenvalue weighted by atomic mass is 10.1. The highest BCUT2D eigenvalue weighted by atomic mass is 32.1. The Labute approximate surface area is 144 Å². The van der Waals surface area contributed by atoms with Gasteiger partial charge in [-0.15, -0.1) is 0 Å². The van der Waals surface area contributed by atoms with Crippen LogP contribution in [0.3, 0.4) is 0 Å². The van der Waals surface area contributed by atoms with Crippen LogP contribution in [0.15, 0.2) is 60.7 Å². The van der Waals surface area contributed by atoms with E-state index in [0.717, 1.165) is 43.3 Å². The molecule has 2 aromatic rings. The van der Waals surface area contributed by atoms with Crippen molar-refractivity contribution >= 4 is 23.0 Å². The van der Waals surface area contributed by atoms with Crippen molar-refractivity contribution in [3.05, 3.63) is 66.2 Å². The Hall–Kier alpha value is -1.91. The van der Waals surface area contributed by atoms with Gasteiger partial charge >= 0.3 is 0 Å². The number of nitrogens with one attached hydrogen (secondary N) is 1. The molecule has 1 N–H and O–H groups in total. The second-order valence-corrected chi connectivity index (χ2v) is 5.69. The highest BCUT2D eigenvalue weighted by molar-refractivity contribution is 7.80. The zero-order chi connectivity index (χ0) is 16.3. The molecule has 23 heavy (non-hydrogen) atoms. The van der Waals surface area contributed by atoms with Gasteiger partial charge in [-0.1, -0.05) is 48.5 Å². The summed E-state index contributed by atoms with van der Waals surface area (Å²) >= 11 is 5.60. The normalized spacial score (nSPS) is 10.3. The van der Waals surface area contributed by atoms with Crippen LogP contribution >= 0.6 is 12.2 Å². The van der Waals surface area contributed by atoms with Crippen LogP contribution in [0.5, 0.6) is 0 Å². The van der Waals surface area contributed by atoms with Gasteiger partial charge in [0.25, 0.3) is 0 Å². The molecule has 122 valence electrons. The molecule has 0 aromatic heterocycles. The number of methoxy groups -OCH3 is 1. The lowest BCUT2D eigenvalue weighted by Crippen LogP contribution is -2.41. The lowest BCUT2D eigenvalue weighted by Gasteiger charge is -2.26. The molecular formula is C19H24N2OS. The second kappa shape index (κ2) is 9.98. The van der Waals surface area contributed by atoms with Crippen LogP contribution in [-0.4, -0.2) is 31.9 Å². The number of anilines is 1. The van der Waals surface area contributed by atoms with Gasteiger partial charge in [-0.2, -0.15) is 0 Å². The molecule has 0 saturated carbocycles. The summed E-state index contributed by atoms with van der Waals surface area (Å²) in [5.41, 5.74) is 2.43. The summed E-state index contributed by atoms with van der Waals surface area (Å²) in [6, 6.07) is 20.8. The molecule has 0 saturated heterocycles. The minimum atomic E-state index is 0.741. The Balaban J connectivity index is 1.98. The van der Waals surface area contributed by atoms with Crippen molar-refractivity contribution in [1.82, 2.24) is 5.32 Å². The molecule has 0 spiro atoms. The third-order valence-corrected chi connectivity index (χ3v) is 3.95. The molecular weight excluding hydrogens is 304 g/mol. The molecule has 0 unspecified atom stereocenters. The standard InChI is InChI=1S/C19H24N2OS/c1-22-16-8-14-20-19(23)21(18-11-6-3-7-12-18)15-13-17-9-4-2-5-10-17/h2-7,9-12H,8,13-16H2,1H3,(H,20,23). The van der Waals surface area contributed by atoms with Crippen LogP contribution in [0.1, 0.15) is 12.0 Å². The quantitative estimate of drug-likeness (QED) is 0.590. The minimum absolute atomic E-state index is 0.741. The van der Waals surface area contributed by atoms with Gasteiger partial charge in [-0.25, -0.2) is 0 Å². The van der Waals surface area contributed by atoms with Crippen molar-refractivity contribution in [3.8, 4) is 0 Å². The van der Waals surface area contributed by atoms with Crippen LogP contribution in [0.25, 0.3) is 0 Å². The van der Waals surface area contributed by atoms with Crippen molar-refractivity contribution in [3.63, 3.8) is 0 Å². The first-order chi connectivity index (χ1) is 11.3. The number of hydrogen-bond donors (Lipinski definition) is 1. The molecule has 0 aliphatic rings. The van der Waals surface area contributed by atoms with E-state index < -0.39 is 0 Å². The topological polar surface area (TPSA) is 24.5 Å². The van der Waals surface area contributed by atoms with E-state index in [9.17, 15) is 0 Å². The van der Waals surface area contributed by atoms with E-state index in [1.807, 2.05) is 24.3 Å². The first-order valence-electron chi connectivity index (χ1n) is 7.94. The average Bonchev–Trinajstić information content (AvgIpc) is 2.61. The predicted molar refractivity (Wildman–Crippen MR) is 101 cm³/mol. The van der Waals surface area contributed by atoms with E-state index in [0.29, 0.717) is 0 Å². The van der Waals surface area contributed by atoms with E-state index >= 15 is 0 Å². The summed E-state index contributed by atoms with van der Waals surface area (Å²) in [7, 11) is 1.72. The summed E-state index contributed by atoms with van der Waals surface area (Å²) in [6.07, 6.45) is 1.90. The van der Waals surface area contributed by atoms with Gasteiger partial charge in [0.15, 0.2) is 5.11 Å². The molecule has 4 heteroatoms. The summed E-state index contributed by atoms with van der Waals surface area (Å²) in [5, 5.41) is 4.10. The van der Waals surface area contributed by atoms with Crippen LogP contribution in [0, 0.1) is 0 Å². The number of hydrogen-bond acceptors (Lipinski definition) is 2. The SMILES string of the molecule is COCCCNC(=S)N(CCc1ccccc1)c1ccccc1. The number of ether oxygens (including phenoxy) is 1. The van der Waals surface area contributed by atoms with Gasteiger partial charge in [-0.05, 0) is 42.8 Å². The van der Waals surface area contributed by atoms with E-state index in [1.54, 1.807) is 7.11 Å². The zero-order valence-electron chi connectivity index (χ0n) is 13.6. The van der Waals surface area contributed by atoms with Crippen LogP contribution in [-0.2, 0) is 11.2 Å². The van der Waals surface area contributed by atoms with E-state index in [4.69, 9.17) is 17.0 Å². The first-order valence-corrected chi connectivity index (χ1v) is 8.35. The van der Waals surface area contributed by atoms with E-state index in [-0.39, 0.29) is 0 Å². The number of nitrogens with zero attached hydrogens (tertiary/aromatic N) is 1. The van der Waals surface area contributed by atoms with Gasteiger partial charge < -0.3 is 15.0 Å². The highest BCUT2D eigenvalue weighted by Gasteiger charge is 2.11. The highest BCUT2D eigenvalue weighted by Crippen LogP contribution is 2.14. The summed E-state index contributed by atoms with van der Waals surface area (Å²) in [5.74, 6) is 0. The van der Waals surface area contributed by atoms with Crippen molar-refractivity contribution in [2.75, 3.05) is 31.7 Å². The smallest absolute Gasteiger partial charge is 0.173 e. The monoisotopic (exact) mass is 328 g/mol. The molecule has 0 heterocycles. The average molecular weight is 328 g/mol. The Bertz CT molecular complexity index is 574. The van der Waals surface area contributed by atoms with Gasteiger partial charge in [0.2, 0.25) is 0 Å². The molecule has 2 rings (SSSR count). The molecule has 0 bridgehead atoms. The number of rotatable bonds is 8. The first kappa shape index (κ1) is 17.4. The molecule has 0 amide bonds. The van der Waals surface area contributed by atoms with Gasteiger partial charge in [-0.3, -0.25) is 0 Å². The Morgan fingerprint density at radius 3 is 2.35 bits per heavy atom. The summed E-state index contributed by atoms with van der Waals surface area (Å²) in [4.78, 5) is 2.16. The molecule has 2 aromatic carbocycles. The Morgan fingerprint density at radius 2 is 1.70 bits per heavy atom.